The number of benzene rings is 3. The number of hydrogen-bond acceptors (Lipinski definition) is 5. The number of aryl methyl sites for hydroxylation is 2. The molecule has 3 aromatic rings. The highest BCUT2D eigenvalue weighted by Gasteiger charge is 2.24. The minimum Gasteiger partial charge on any atom is -0.495 e. The van der Waals surface area contributed by atoms with E-state index in [-0.39, 0.29) is 17.1 Å². The highest BCUT2D eigenvalue weighted by Crippen LogP contribution is 2.30. The molecule has 0 aliphatic carbocycles. The smallest absolute Gasteiger partial charge is 0.338 e. The van der Waals surface area contributed by atoms with E-state index in [9.17, 15) is 13.2 Å². The van der Waals surface area contributed by atoms with E-state index in [0.717, 1.165) is 21.0 Å². The van der Waals surface area contributed by atoms with Crippen LogP contribution in [-0.2, 0) is 21.4 Å². The normalized spacial score (nSPS) is 11.1. The summed E-state index contributed by atoms with van der Waals surface area (Å²) in [5.74, 6) is -0.0665. The molecule has 0 atom stereocenters. The van der Waals surface area contributed by atoms with E-state index in [4.69, 9.17) is 9.47 Å². The summed E-state index contributed by atoms with van der Waals surface area (Å²) in [6.45, 7) is 4.09. The van der Waals surface area contributed by atoms with Gasteiger partial charge in [-0.15, -0.1) is 0 Å². The van der Waals surface area contributed by atoms with E-state index in [0.29, 0.717) is 11.4 Å². The number of para-hydroxylation sites is 2. The molecule has 0 aliphatic rings. The van der Waals surface area contributed by atoms with Gasteiger partial charge in [0.2, 0.25) is 0 Å². The van der Waals surface area contributed by atoms with E-state index in [1.165, 1.54) is 38.4 Å². The Morgan fingerprint density at radius 3 is 2.32 bits per heavy atom. The predicted octanol–water partition coefficient (Wildman–Crippen LogP) is 4.49. The second kappa shape index (κ2) is 9.22. The van der Waals surface area contributed by atoms with Crippen LogP contribution in [0.1, 0.15) is 27.0 Å². The van der Waals surface area contributed by atoms with Crippen LogP contribution in [0.4, 0.5) is 5.69 Å². The van der Waals surface area contributed by atoms with Crippen LogP contribution in [0, 0.1) is 13.8 Å². The second-order valence-electron chi connectivity index (χ2n) is 7.17. The van der Waals surface area contributed by atoms with E-state index in [1.54, 1.807) is 24.3 Å². The fraction of sp³-hybridized carbons (Fsp3) is 0.208. The van der Waals surface area contributed by atoms with Gasteiger partial charge in [-0.05, 0) is 61.4 Å². The lowest BCUT2D eigenvalue weighted by Gasteiger charge is -2.21. The number of esters is 1. The Kier molecular flexibility index (Phi) is 6.65. The van der Waals surface area contributed by atoms with Crippen molar-refractivity contribution in [2.75, 3.05) is 18.5 Å². The zero-order chi connectivity index (χ0) is 22.6. The Morgan fingerprint density at radius 1 is 0.968 bits per heavy atom. The van der Waals surface area contributed by atoms with Gasteiger partial charge in [0.25, 0.3) is 10.0 Å². The van der Waals surface area contributed by atoms with Gasteiger partial charge in [-0.25, -0.2) is 13.2 Å². The van der Waals surface area contributed by atoms with Crippen molar-refractivity contribution in [2.24, 2.45) is 0 Å². The minimum absolute atomic E-state index is 0.0620. The number of sulfonamides is 1. The average molecular weight is 440 g/mol. The second-order valence-corrected chi connectivity index (χ2v) is 9.14. The maximum atomic E-state index is 13.0. The molecule has 3 aromatic carbocycles. The summed E-state index contributed by atoms with van der Waals surface area (Å²) < 4.78 is 37.9. The summed E-state index contributed by atoms with van der Waals surface area (Å²) in [5, 5.41) is 0. The van der Waals surface area contributed by atoms with Crippen LogP contribution in [0.5, 0.6) is 5.75 Å². The Hall–Kier alpha value is -3.32. The standard InChI is InChI=1S/C24H25NO5S/c1-17-9-10-18(2)20(15-17)16-30-24(26)19-11-13-21(14-12-19)31(27,28)25(3)22-7-5-6-8-23(22)29-4/h5-15H,16H2,1-4H3. The largest absolute Gasteiger partial charge is 0.495 e. The Morgan fingerprint density at radius 2 is 1.65 bits per heavy atom. The molecule has 3 rings (SSSR count). The van der Waals surface area contributed by atoms with E-state index >= 15 is 0 Å². The summed E-state index contributed by atoms with van der Waals surface area (Å²) in [4.78, 5) is 12.5. The topological polar surface area (TPSA) is 72.9 Å². The van der Waals surface area contributed by atoms with Gasteiger partial charge < -0.3 is 9.47 Å². The molecule has 0 aromatic heterocycles. The first-order chi connectivity index (χ1) is 14.7. The van der Waals surface area contributed by atoms with Crippen LogP contribution in [-0.4, -0.2) is 28.5 Å². The molecule has 0 saturated heterocycles. The van der Waals surface area contributed by atoms with Crippen LogP contribution in [0.3, 0.4) is 0 Å². The number of ether oxygens (including phenoxy) is 2. The number of anilines is 1. The third kappa shape index (κ3) is 4.88. The lowest BCUT2D eigenvalue weighted by molar-refractivity contribution is 0.0472. The first-order valence-corrected chi connectivity index (χ1v) is 11.1. The van der Waals surface area contributed by atoms with Crippen molar-refractivity contribution in [1.29, 1.82) is 0 Å². The van der Waals surface area contributed by atoms with Crippen molar-refractivity contribution in [3.8, 4) is 5.75 Å². The molecule has 0 heterocycles. The molecule has 7 heteroatoms. The van der Waals surface area contributed by atoms with Gasteiger partial charge in [-0.2, -0.15) is 0 Å². The SMILES string of the molecule is COc1ccccc1N(C)S(=O)(=O)c1ccc(C(=O)OCc2cc(C)ccc2C)cc1. The molecular formula is C24H25NO5S. The zero-order valence-electron chi connectivity index (χ0n) is 18.0. The molecule has 0 radical (unpaired) electrons. The quantitative estimate of drug-likeness (QED) is 0.507. The molecule has 31 heavy (non-hydrogen) atoms. The van der Waals surface area contributed by atoms with Gasteiger partial charge in [0.15, 0.2) is 0 Å². The van der Waals surface area contributed by atoms with Gasteiger partial charge in [-0.1, -0.05) is 35.9 Å². The molecular weight excluding hydrogens is 414 g/mol. The Bertz CT molecular complexity index is 1190. The van der Waals surface area contributed by atoms with Gasteiger partial charge in [0.1, 0.15) is 12.4 Å². The Labute approximate surface area is 183 Å². The molecule has 0 spiro atoms. The third-order valence-electron chi connectivity index (χ3n) is 5.04. The summed E-state index contributed by atoms with van der Waals surface area (Å²) in [6.07, 6.45) is 0. The number of nitrogens with zero attached hydrogens (tertiary/aromatic N) is 1. The number of methoxy groups -OCH3 is 1. The van der Waals surface area contributed by atoms with Gasteiger partial charge >= 0.3 is 5.97 Å². The zero-order valence-corrected chi connectivity index (χ0v) is 18.8. The molecule has 0 saturated carbocycles. The minimum atomic E-state index is -3.83. The lowest BCUT2D eigenvalue weighted by atomic mass is 10.1. The molecule has 0 aliphatic heterocycles. The first kappa shape index (κ1) is 22.4. The van der Waals surface area contributed by atoms with Crippen molar-refractivity contribution in [1.82, 2.24) is 0 Å². The van der Waals surface area contributed by atoms with Crippen molar-refractivity contribution >= 4 is 21.7 Å². The monoisotopic (exact) mass is 439 g/mol. The maximum absolute atomic E-state index is 13.0. The summed E-state index contributed by atoms with van der Waals surface area (Å²) in [7, 11) is -0.890. The molecule has 0 unspecified atom stereocenters. The van der Waals surface area contributed by atoms with Crippen molar-refractivity contribution < 1.29 is 22.7 Å². The van der Waals surface area contributed by atoms with Crippen LogP contribution in [0.2, 0.25) is 0 Å². The van der Waals surface area contributed by atoms with Crippen molar-refractivity contribution in [3.63, 3.8) is 0 Å². The first-order valence-electron chi connectivity index (χ1n) is 9.69. The Balaban J connectivity index is 1.75. The molecule has 0 amide bonds. The highest BCUT2D eigenvalue weighted by molar-refractivity contribution is 7.92. The van der Waals surface area contributed by atoms with Crippen LogP contribution < -0.4 is 9.04 Å². The summed E-state index contributed by atoms with van der Waals surface area (Å²) >= 11 is 0. The summed E-state index contributed by atoms with van der Waals surface area (Å²) in [5.41, 5.74) is 3.77. The number of carbonyl (C=O) groups is 1. The van der Waals surface area contributed by atoms with Crippen LogP contribution in [0.25, 0.3) is 0 Å². The van der Waals surface area contributed by atoms with Gasteiger partial charge in [0, 0.05) is 7.05 Å². The van der Waals surface area contributed by atoms with Crippen molar-refractivity contribution in [2.45, 2.75) is 25.3 Å². The fourth-order valence-electron chi connectivity index (χ4n) is 3.12. The number of hydrogen-bond donors (Lipinski definition) is 0. The maximum Gasteiger partial charge on any atom is 0.338 e. The van der Waals surface area contributed by atoms with E-state index in [1.807, 2.05) is 32.0 Å². The molecule has 162 valence electrons. The van der Waals surface area contributed by atoms with Crippen molar-refractivity contribution in [3.05, 3.63) is 89.0 Å². The number of rotatable bonds is 7. The molecule has 0 N–H and O–H groups in total. The molecule has 0 bridgehead atoms. The van der Waals surface area contributed by atoms with E-state index in [2.05, 4.69) is 0 Å². The van der Waals surface area contributed by atoms with Gasteiger partial charge in [-0.3, -0.25) is 4.31 Å². The highest BCUT2D eigenvalue weighted by atomic mass is 32.2. The average Bonchev–Trinajstić information content (AvgIpc) is 2.78. The van der Waals surface area contributed by atoms with Crippen LogP contribution in [0.15, 0.2) is 71.6 Å². The third-order valence-corrected chi connectivity index (χ3v) is 6.82. The van der Waals surface area contributed by atoms with Gasteiger partial charge in [0.05, 0.1) is 23.3 Å². The predicted molar refractivity (Wildman–Crippen MR) is 120 cm³/mol. The molecule has 6 nitrogen and oxygen atoms in total. The fourth-order valence-corrected chi connectivity index (χ4v) is 4.33. The number of carbonyl (C=O) groups excluding carboxylic acids is 1. The summed E-state index contributed by atoms with van der Waals surface area (Å²) in [6, 6.07) is 18.5. The van der Waals surface area contributed by atoms with Crippen LogP contribution >= 0.6 is 0 Å². The lowest BCUT2D eigenvalue weighted by Crippen LogP contribution is -2.27. The molecule has 0 fully saturated rings. The van der Waals surface area contributed by atoms with E-state index < -0.39 is 16.0 Å².